The van der Waals surface area contributed by atoms with Crippen LogP contribution in [0.2, 0.25) is 0 Å². The van der Waals surface area contributed by atoms with E-state index in [-0.39, 0.29) is 0 Å². The summed E-state index contributed by atoms with van der Waals surface area (Å²) in [6.45, 7) is 0. The van der Waals surface area contributed by atoms with Gasteiger partial charge in [-0.1, -0.05) is 32.1 Å². The van der Waals surface area contributed by atoms with Crippen LogP contribution in [0.3, 0.4) is 0 Å². The summed E-state index contributed by atoms with van der Waals surface area (Å²) in [7, 11) is 2.29. The van der Waals surface area contributed by atoms with Crippen LogP contribution >= 0.6 is 0 Å². The predicted molar refractivity (Wildman–Crippen MR) is 118 cm³/mol. The van der Waals surface area contributed by atoms with Crippen LogP contribution in [-0.4, -0.2) is 49.7 Å². The van der Waals surface area contributed by atoms with Gasteiger partial charge in [-0.3, -0.25) is 4.48 Å². The van der Waals surface area contributed by atoms with Crippen LogP contribution in [0, 0.1) is 0 Å². The number of amides is 1. The van der Waals surface area contributed by atoms with Crippen LogP contribution in [-0.2, 0) is 11.2 Å². The van der Waals surface area contributed by atoms with E-state index < -0.39 is 0 Å². The summed E-state index contributed by atoms with van der Waals surface area (Å²) in [5.41, 5.74) is 0. The summed E-state index contributed by atoms with van der Waals surface area (Å²) in [6, 6.07) is 1.55. The van der Waals surface area contributed by atoms with Crippen molar-refractivity contribution in [2.24, 2.45) is 0 Å². The van der Waals surface area contributed by atoms with Gasteiger partial charge in [0.15, 0.2) is 5.82 Å². The van der Waals surface area contributed by atoms with Crippen LogP contribution < -0.4 is 0 Å². The maximum atomic E-state index is 13.7. The van der Waals surface area contributed by atoms with Gasteiger partial charge in [-0.15, -0.1) is 5.10 Å². The molecule has 3 aliphatic carbocycles. The van der Waals surface area contributed by atoms with Gasteiger partial charge in [-0.25, -0.2) is 9.48 Å². The first-order valence-electron chi connectivity index (χ1n) is 12.9. The molecule has 6 heteroatoms. The van der Waals surface area contributed by atoms with E-state index in [0.29, 0.717) is 34.9 Å². The smallest absolute Gasteiger partial charge is 0.258 e. The van der Waals surface area contributed by atoms with Crippen LogP contribution in [0.15, 0.2) is 0 Å². The van der Waals surface area contributed by atoms with Gasteiger partial charge >= 0.3 is 5.91 Å². The molecule has 0 saturated heterocycles. The van der Waals surface area contributed by atoms with E-state index in [9.17, 15) is 4.79 Å². The van der Waals surface area contributed by atoms with Gasteiger partial charge in [0, 0.05) is 6.42 Å². The first-order valence-corrected chi connectivity index (χ1v) is 12.9. The lowest BCUT2D eigenvalue weighted by atomic mass is 9.85. The van der Waals surface area contributed by atoms with Crippen LogP contribution in [0.1, 0.15) is 121 Å². The normalized spacial score (nSPS) is 23.0. The zero-order chi connectivity index (χ0) is 20.8. The molecule has 168 valence electrons. The fourth-order valence-corrected chi connectivity index (χ4v) is 6.56. The molecule has 0 bridgehead atoms. The number of tetrazole rings is 1. The third-order valence-electron chi connectivity index (χ3n) is 8.48. The lowest BCUT2D eigenvalue weighted by Gasteiger charge is -2.47. The summed E-state index contributed by atoms with van der Waals surface area (Å²) in [5.74, 6) is 1.46. The molecule has 0 aromatic carbocycles. The highest BCUT2D eigenvalue weighted by atomic mass is 16.2. The molecule has 3 saturated carbocycles. The highest BCUT2D eigenvalue weighted by Gasteiger charge is 2.46. The van der Waals surface area contributed by atoms with Crippen molar-refractivity contribution >= 4 is 5.91 Å². The Balaban J connectivity index is 1.39. The Hall–Kier alpha value is -1.30. The summed E-state index contributed by atoms with van der Waals surface area (Å²) >= 11 is 0. The minimum Gasteiger partial charge on any atom is -0.258 e. The van der Waals surface area contributed by atoms with E-state index in [1.165, 1.54) is 96.3 Å². The molecule has 0 N–H and O–H groups in total. The molecule has 1 aromatic rings. The third kappa shape index (κ3) is 4.79. The molecular formula is C24H42N5O+. The standard InChI is InChI=1S/C24H42N5O/c1-29(21-14-7-3-8-15-21,22-16-9-4-10-17-22)24(30)19-11-18-23-25-26-27-28(23)20-12-5-2-6-13-20/h20-22H,2-19H2,1H3/q+1. The van der Waals surface area contributed by atoms with Crippen molar-refractivity contribution in [3.8, 4) is 0 Å². The lowest BCUT2D eigenvalue weighted by molar-refractivity contribution is -0.888. The van der Waals surface area contributed by atoms with Gasteiger partial charge in [0.05, 0.1) is 31.6 Å². The van der Waals surface area contributed by atoms with Gasteiger partial charge in [0.25, 0.3) is 0 Å². The summed E-state index contributed by atoms with van der Waals surface area (Å²) in [4.78, 5) is 13.7. The van der Waals surface area contributed by atoms with Crippen molar-refractivity contribution in [3.05, 3.63) is 5.82 Å². The summed E-state index contributed by atoms with van der Waals surface area (Å²) < 4.78 is 2.79. The van der Waals surface area contributed by atoms with E-state index in [1.807, 2.05) is 0 Å². The number of aromatic nitrogens is 4. The van der Waals surface area contributed by atoms with Crippen molar-refractivity contribution in [3.63, 3.8) is 0 Å². The second-order valence-corrected chi connectivity index (χ2v) is 10.3. The van der Waals surface area contributed by atoms with E-state index in [0.717, 1.165) is 18.7 Å². The van der Waals surface area contributed by atoms with Crippen molar-refractivity contribution < 1.29 is 9.28 Å². The zero-order valence-electron chi connectivity index (χ0n) is 19.1. The Kier molecular flexibility index (Phi) is 7.55. The first kappa shape index (κ1) is 21.9. The minimum atomic E-state index is 0.463. The van der Waals surface area contributed by atoms with Gasteiger partial charge in [-0.05, 0) is 81.1 Å². The summed E-state index contributed by atoms with van der Waals surface area (Å²) in [6.07, 6.45) is 21.5. The van der Waals surface area contributed by atoms with Crippen molar-refractivity contribution in [2.75, 3.05) is 7.05 Å². The molecule has 1 heterocycles. The largest absolute Gasteiger partial charge is 0.313 e. The Morgan fingerprint density at radius 3 is 1.97 bits per heavy atom. The number of carbonyl (C=O) groups is 1. The lowest BCUT2D eigenvalue weighted by Crippen LogP contribution is -2.63. The van der Waals surface area contributed by atoms with Crippen molar-refractivity contribution in [1.82, 2.24) is 20.2 Å². The Bertz CT molecular complexity index is 651. The number of nitrogens with zero attached hydrogens (tertiary/aromatic N) is 5. The number of quaternary nitrogens is 1. The van der Waals surface area contributed by atoms with Gasteiger partial charge in [0.1, 0.15) is 0 Å². The van der Waals surface area contributed by atoms with Gasteiger partial charge < -0.3 is 0 Å². The number of carbonyl (C=O) groups excluding carboxylic acids is 1. The minimum absolute atomic E-state index is 0.463. The number of aryl methyl sites for hydroxylation is 1. The highest BCUT2D eigenvalue weighted by molar-refractivity contribution is 5.69. The number of rotatable bonds is 7. The maximum Gasteiger partial charge on any atom is 0.313 e. The first-order chi connectivity index (χ1) is 14.7. The average molecular weight is 417 g/mol. The van der Waals surface area contributed by atoms with E-state index >= 15 is 0 Å². The second-order valence-electron chi connectivity index (χ2n) is 10.3. The van der Waals surface area contributed by atoms with Crippen molar-refractivity contribution in [2.45, 2.75) is 134 Å². The molecule has 0 atom stereocenters. The number of hydrogen-bond donors (Lipinski definition) is 0. The molecule has 1 aromatic heterocycles. The van der Waals surface area contributed by atoms with Gasteiger partial charge in [0.2, 0.25) is 0 Å². The quantitative estimate of drug-likeness (QED) is 0.578. The predicted octanol–water partition coefficient (Wildman–Crippen LogP) is 5.14. The molecule has 0 spiro atoms. The molecule has 3 fully saturated rings. The third-order valence-corrected chi connectivity index (χ3v) is 8.48. The second kappa shape index (κ2) is 10.3. The van der Waals surface area contributed by atoms with Crippen molar-refractivity contribution in [1.29, 1.82) is 0 Å². The van der Waals surface area contributed by atoms with E-state index in [2.05, 4.69) is 27.3 Å². The molecule has 3 aliphatic rings. The van der Waals surface area contributed by atoms with E-state index in [4.69, 9.17) is 0 Å². The molecule has 1 amide bonds. The molecule has 4 rings (SSSR count). The number of hydrogen-bond acceptors (Lipinski definition) is 4. The Morgan fingerprint density at radius 2 is 1.40 bits per heavy atom. The molecule has 6 nitrogen and oxygen atoms in total. The van der Waals surface area contributed by atoms with E-state index in [1.54, 1.807) is 0 Å². The van der Waals surface area contributed by atoms with Crippen LogP contribution in [0.5, 0.6) is 0 Å². The Labute approximate surface area is 182 Å². The molecule has 0 radical (unpaired) electrons. The topological polar surface area (TPSA) is 60.7 Å². The molecule has 0 unspecified atom stereocenters. The maximum absolute atomic E-state index is 13.7. The fourth-order valence-electron chi connectivity index (χ4n) is 6.56. The molecule has 0 aliphatic heterocycles. The SMILES string of the molecule is C[N+](C(=O)CCCc1nnnn1C1CCCCC1)(C1CCCCC1)C1CCCCC1. The summed E-state index contributed by atoms with van der Waals surface area (Å²) in [5, 5.41) is 12.6. The Morgan fingerprint density at radius 1 is 0.867 bits per heavy atom. The highest BCUT2D eigenvalue weighted by Crippen LogP contribution is 2.36. The molecule has 30 heavy (non-hydrogen) atoms. The monoisotopic (exact) mass is 416 g/mol. The zero-order valence-corrected chi connectivity index (χ0v) is 19.1. The van der Waals surface area contributed by atoms with Crippen LogP contribution in [0.25, 0.3) is 0 Å². The molecular weight excluding hydrogens is 374 g/mol. The average Bonchev–Trinajstić information content (AvgIpc) is 3.29. The van der Waals surface area contributed by atoms with Crippen LogP contribution in [0.4, 0.5) is 0 Å². The van der Waals surface area contributed by atoms with Gasteiger partial charge in [-0.2, -0.15) is 0 Å². The fraction of sp³-hybridized carbons (Fsp3) is 0.917.